The van der Waals surface area contributed by atoms with E-state index in [-0.39, 0.29) is 0 Å². The Morgan fingerprint density at radius 2 is 2.15 bits per heavy atom. The number of halogens is 1. The van der Waals surface area contributed by atoms with E-state index in [9.17, 15) is 0 Å². The van der Waals surface area contributed by atoms with E-state index in [2.05, 4.69) is 14.9 Å². The molecule has 1 aromatic rings. The second-order valence-corrected chi connectivity index (χ2v) is 3.87. The number of nitrogens with zero attached hydrogens (tertiary/aromatic N) is 2. The summed E-state index contributed by atoms with van der Waals surface area (Å²) in [5.41, 5.74) is 1.04. The summed E-state index contributed by atoms with van der Waals surface area (Å²) in [4.78, 5) is 9.45. The molecule has 1 saturated heterocycles. The van der Waals surface area contributed by atoms with Gasteiger partial charge in [-0.25, -0.2) is 4.98 Å². The van der Waals surface area contributed by atoms with Gasteiger partial charge >= 0.3 is 0 Å². The predicted octanol–water partition coefficient (Wildman–Crippen LogP) is 2.05. The molecule has 0 bridgehead atoms. The molecule has 0 unspecified atom stereocenters. The maximum Gasteiger partial charge on any atom is 0.151 e. The highest BCUT2D eigenvalue weighted by Crippen LogP contribution is 2.15. The number of nitrogens with one attached hydrogen (secondary N) is 1. The zero-order valence-corrected chi connectivity index (χ0v) is 8.35. The average Bonchev–Trinajstić information content (AvgIpc) is 2.54. The van der Waals surface area contributed by atoms with Crippen molar-refractivity contribution in [3.05, 3.63) is 17.2 Å². The fourth-order valence-electron chi connectivity index (χ4n) is 1.76. The summed E-state index contributed by atoms with van der Waals surface area (Å²) in [5, 5.41) is 0.616. The molecule has 0 spiro atoms. The summed E-state index contributed by atoms with van der Waals surface area (Å²) in [5.74, 6) is 0. The van der Waals surface area contributed by atoms with Crippen LogP contribution in [0.2, 0.25) is 5.15 Å². The van der Waals surface area contributed by atoms with Crippen LogP contribution in [0.1, 0.15) is 25.0 Å². The Kier molecular flexibility index (Phi) is 2.86. The Hall–Kier alpha value is -0.540. The lowest BCUT2D eigenvalue weighted by molar-refractivity contribution is 0.219. The van der Waals surface area contributed by atoms with Gasteiger partial charge in [-0.2, -0.15) is 0 Å². The van der Waals surface area contributed by atoms with E-state index in [0.717, 1.165) is 12.2 Å². The topological polar surface area (TPSA) is 31.9 Å². The maximum atomic E-state index is 5.89. The third-order valence-corrected chi connectivity index (χ3v) is 2.82. The third-order valence-electron chi connectivity index (χ3n) is 2.50. The number of likely N-dealkylation sites (tertiary alicyclic amines) is 1. The molecule has 4 heteroatoms. The summed E-state index contributed by atoms with van der Waals surface area (Å²) < 4.78 is 0. The fourth-order valence-corrected chi connectivity index (χ4v) is 1.92. The van der Waals surface area contributed by atoms with Gasteiger partial charge < -0.3 is 4.98 Å². The Morgan fingerprint density at radius 3 is 2.77 bits per heavy atom. The van der Waals surface area contributed by atoms with Gasteiger partial charge in [0.2, 0.25) is 0 Å². The normalized spacial score (nSPS) is 19.2. The van der Waals surface area contributed by atoms with E-state index >= 15 is 0 Å². The highest BCUT2D eigenvalue weighted by atomic mass is 35.5. The molecule has 1 aromatic heterocycles. The van der Waals surface area contributed by atoms with E-state index in [1.807, 2.05) is 0 Å². The van der Waals surface area contributed by atoms with Crippen molar-refractivity contribution in [3.63, 3.8) is 0 Å². The van der Waals surface area contributed by atoms with Gasteiger partial charge in [0.25, 0.3) is 0 Å². The summed E-state index contributed by atoms with van der Waals surface area (Å²) in [6.45, 7) is 3.30. The second-order valence-electron chi connectivity index (χ2n) is 3.51. The van der Waals surface area contributed by atoms with E-state index < -0.39 is 0 Å². The molecule has 1 aliphatic rings. The molecule has 1 fully saturated rings. The summed E-state index contributed by atoms with van der Waals surface area (Å²) in [7, 11) is 0. The van der Waals surface area contributed by atoms with Gasteiger partial charge in [-0.15, -0.1) is 0 Å². The van der Waals surface area contributed by atoms with Crippen LogP contribution in [0.5, 0.6) is 0 Å². The van der Waals surface area contributed by atoms with Crippen molar-refractivity contribution in [3.8, 4) is 0 Å². The summed E-state index contributed by atoms with van der Waals surface area (Å²) in [6, 6.07) is 0. The third kappa shape index (κ3) is 2.23. The van der Waals surface area contributed by atoms with Gasteiger partial charge in [0.05, 0.1) is 12.0 Å². The first-order chi connectivity index (χ1) is 6.36. The highest BCUT2D eigenvalue weighted by Gasteiger charge is 2.12. The van der Waals surface area contributed by atoms with E-state index in [1.165, 1.54) is 32.4 Å². The molecule has 2 rings (SSSR count). The van der Waals surface area contributed by atoms with Crippen LogP contribution < -0.4 is 0 Å². The van der Waals surface area contributed by atoms with Crippen LogP contribution in [0.15, 0.2) is 6.33 Å². The van der Waals surface area contributed by atoms with Crippen molar-refractivity contribution in [2.24, 2.45) is 0 Å². The number of rotatable bonds is 2. The summed E-state index contributed by atoms with van der Waals surface area (Å²) >= 11 is 5.89. The average molecular weight is 200 g/mol. The first kappa shape index (κ1) is 9.03. The quantitative estimate of drug-likeness (QED) is 0.791. The van der Waals surface area contributed by atoms with Gasteiger partial charge in [-0.05, 0) is 25.9 Å². The smallest absolute Gasteiger partial charge is 0.151 e. The molecule has 2 heterocycles. The minimum Gasteiger partial charge on any atom is -0.346 e. The molecule has 0 saturated carbocycles. The Bertz CT molecular complexity index is 266. The lowest BCUT2D eigenvalue weighted by Crippen LogP contribution is -2.29. The van der Waals surface area contributed by atoms with Gasteiger partial charge in [-0.3, -0.25) is 4.90 Å². The van der Waals surface area contributed by atoms with Crippen LogP contribution in [-0.2, 0) is 6.54 Å². The molecule has 0 atom stereocenters. The van der Waals surface area contributed by atoms with Crippen LogP contribution in [-0.4, -0.2) is 28.0 Å². The molecule has 72 valence electrons. The standard InChI is InChI=1S/C9H14ClN3/c10-9-8(11-7-12-9)6-13-4-2-1-3-5-13/h7H,1-6H2,(H,11,12). The molecule has 1 aliphatic heterocycles. The Morgan fingerprint density at radius 1 is 1.38 bits per heavy atom. The molecular formula is C9H14ClN3. The molecule has 0 aliphatic carbocycles. The first-order valence-electron chi connectivity index (χ1n) is 4.76. The number of hydrogen-bond acceptors (Lipinski definition) is 2. The van der Waals surface area contributed by atoms with Crippen molar-refractivity contribution in [1.29, 1.82) is 0 Å². The second kappa shape index (κ2) is 4.11. The van der Waals surface area contributed by atoms with Gasteiger partial charge in [0.15, 0.2) is 5.15 Å². The minimum absolute atomic E-state index is 0.616. The van der Waals surface area contributed by atoms with Crippen LogP contribution in [0, 0.1) is 0 Å². The minimum atomic E-state index is 0.616. The monoisotopic (exact) mass is 199 g/mol. The SMILES string of the molecule is Clc1nc[nH]c1CN1CCCCC1. The maximum absolute atomic E-state index is 5.89. The Balaban J connectivity index is 1.93. The number of aromatic amines is 1. The van der Waals surface area contributed by atoms with Crippen molar-refractivity contribution in [2.45, 2.75) is 25.8 Å². The van der Waals surface area contributed by atoms with Crippen molar-refractivity contribution in [1.82, 2.24) is 14.9 Å². The molecule has 0 amide bonds. The van der Waals surface area contributed by atoms with Crippen LogP contribution in [0.25, 0.3) is 0 Å². The van der Waals surface area contributed by atoms with Crippen molar-refractivity contribution >= 4 is 11.6 Å². The highest BCUT2D eigenvalue weighted by molar-refractivity contribution is 6.30. The lowest BCUT2D eigenvalue weighted by Gasteiger charge is -2.25. The number of imidazole rings is 1. The van der Waals surface area contributed by atoms with Crippen LogP contribution >= 0.6 is 11.6 Å². The molecule has 13 heavy (non-hydrogen) atoms. The molecule has 0 radical (unpaired) electrons. The van der Waals surface area contributed by atoms with Crippen LogP contribution in [0.3, 0.4) is 0 Å². The van der Waals surface area contributed by atoms with Crippen LogP contribution in [0.4, 0.5) is 0 Å². The number of piperidine rings is 1. The molecule has 1 N–H and O–H groups in total. The molecular weight excluding hydrogens is 186 g/mol. The van der Waals surface area contributed by atoms with Gasteiger partial charge in [0.1, 0.15) is 0 Å². The summed E-state index contributed by atoms with van der Waals surface area (Å²) in [6.07, 6.45) is 5.65. The first-order valence-corrected chi connectivity index (χ1v) is 5.14. The van der Waals surface area contributed by atoms with E-state index in [0.29, 0.717) is 5.15 Å². The zero-order chi connectivity index (χ0) is 9.10. The van der Waals surface area contributed by atoms with E-state index in [4.69, 9.17) is 11.6 Å². The van der Waals surface area contributed by atoms with Gasteiger partial charge in [-0.1, -0.05) is 18.0 Å². The number of hydrogen-bond donors (Lipinski definition) is 1. The fraction of sp³-hybridized carbons (Fsp3) is 0.667. The number of aromatic nitrogens is 2. The molecule has 3 nitrogen and oxygen atoms in total. The Labute approximate surface area is 83.1 Å². The van der Waals surface area contributed by atoms with Gasteiger partial charge in [0, 0.05) is 6.54 Å². The molecule has 0 aromatic carbocycles. The van der Waals surface area contributed by atoms with E-state index in [1.54, 1.807) is 6.33 Å². The van der Waals surface area contributed by atoms with Crippen molar-refractivity contribution in [2.75, 3.05) is 13.1 Å². The zero-order valence-electron chi connectivity index (χ0n) is 7.59. The number of H-pyrrole nitrogens is 1. The largest absolute Gasteiger partial charge is 0.346 e. The van der Waals surface area contributed by atoms with Crippen molar-refractivity contribution < 1.29 is 0 Å². The predicted molar refractivity (Wildman–Crippen MR) is 52.7 cm³/mol. The lowest BCUT2D eigenvalue weighted by atomic mass is 10.1.